The standard InChI is InChI=1S/C24H31ClN2O2S/c1-2-20-7-9-21(10-8-20)11-15-26-16-12-24(19-26)13-17-27(18-14-24)30(28,29)23-6-4-3-5-22(23)25/h3-10H,2,11-19H2,1H3. The van der Waals surface area contributed by atoms with E-state index in [4.69, 9.17) is 11.6 Å². The molecule has 0 aliphatic carbocycles. The van der Waals surface area contributed by atoms with Gasteiger partial charge in [0.05, 0.1) is 5.02 Å². The van der Waals surface area contributed by atoms with Crippen LogP contribution in [0.5, 0.6) is 0 Å². The average molecular weight is 447 g/mol. The molecule has 30 heavy (non-hydrogen) atoms. The molecule has 2 aromatic rings. The molecule has 2 aliphatic heterocycles. The van der Waals surface area contributed by atoms with Crippen LogP contribution in [0.25, 0.3) is 0 Å². The predicted octanol–water partition coefficient (Wildman–Crippen LogP) is 4.62. The fraction of sp³-hybridized carbons (Fsp3) is 0.500. The highest BCUT2D eigenvalue weighted by atomic mass is 35.5. The fourth-order valence-corrected chi connectivity index (χ4v) is 6.78. The van der Waals surface area contributed by atoms with E-state index < -0.39 is 10.0 Å². The molecule has 0 atom stereocenters. The van der Waals surface area contributed by atoms with Crippen molar-refractivity contribution in [1.29, 1.82) is 0 Å². The van der Waals surface area contributed by atoms with Gasteiger partial charge < -0.3 is 4.90 Å². The lowest BCUT2D eigenvalue weighted by atomic mass is 9.78. The highest BCUT2D eigenvalue weighted by Gasteiger charge is 2.42. The first kappa shape index (κ1) is 21.8. The minimum Gasteiger partial charge on any atom is -0.302 e. The van der Waals surface area contributed by atoms with Crippen molar-refractivity contribution in [3.05, 3.63) is 64.7 Å². The molecule has 0 radical (unpaired) electrons. The van der Waals surface area contributed by atoms with Gasteiger partial charge in [0, 0.05) is 26.2 Å². The van der Waals surface area contributed by atoms with Gasteiger partial charge in [-0.2, -0.15) is 4.31 Å². The lowest BCUT2D eigenvalue weighted by Gasteiger charge is -2.38. The van der Waals surface area contributed by atoms with Gasteiger partial charge in [-0.3, -0.25) is 0 Å². The molecule has 2 aliphatic rings. The largest absolute Gasteiger partial charge is 0.302 e. The van der Waals surface area contributed by atoms with E-state index in [0.717, 1.165) is 45.3 Å². The number of hydrogen-bond donors (Lipinski definition) is 0. The van der Waals surface area contributed by atoms with Crippen LogP contribution in [-0.2, 0) is 22.9 Å². The van der Waals surface area contributed by atoms with Gasteiger partial charge >= 0.3 is 0 Å². The number of aryl methyl sites for hydroxylation is 1. The van der Waals surface area contributed by atoms with Crippen molar-refractivity contribution in [3.8, 4) is 0 Å². The maximum absolute atomic E-state index is 13.0. The van der Waals surface area contributed by atoms with Gasteiger partial charge in [-0.15, -0.1) is 0 Å². The van der Waals surface area contributed by atoms with Crippen molar-refractivity contribution in [2.45, 2.75) is 43.9 Å². The zero-order valence-corrected chi connectivity index (χ0v) is 19.3. The number of sulfonamides is 1. The zero-order valence-electron chi connectivity index (χ0n) is 17.7. The quantitative estimate of drug-likeness (QED) is 0.649. The first-order valence-corrected chi connectivity index (χ1v) is 12.8. The summed E-state index contributed by atoms with van der Waals surface area (Å²) in [5.74, 6) is 0. The summed E-state index contributed by atoms with van der Waals surface area (Å²) in [7, 11) is -3.52. The topological polar surface area (TPSA) is 40.6 Å². The number of halogens is 1. The number of piperidine rings is 1. The van der Waals surface area contributed by atoms with Crippen LogP contribution in [-0.4, -0.2) is 50.3 Å². The highest BCUT2D eigenvalue weighted by molar-refractivity contribution is 7.89. The summed E-state index contributed by atoms with van der Waals surface area (Å²) in [5.41, 5.74) is 3.05. The van der Waals surface area contributed by atoms with Crippen LogP contribution in [0.1, 0.15) is 37.3 Å². The van der Waals surface area contributed by atoms with Crippen LogP contribution in [0, 0.1) is 5.41 Å². The lowest BCUT2D eigenvalue weighted by Crippen LogP contribution is -2.44. The summed E-state index contributed by atoms with van der Waals surface area (Å²) < 4.78 is 27.6. The molecule has 0 unspecified atom stereocenters. The van der Waals surface area contributed by atoms with Crippen molar-refractivity contribution < 1.29 is 8.42 Å². The molecule has 0 aromatic heterocycles. The Balaban J connectivity index is 1.32. The second-order valence-corrected chi connectivity index (χ2v) is 11.1. The minimum absolute atomic E-state index is 0.227. The second-order valence-electron chi connectivity index (χ2n) is 8.78. The van der Waals surface area contributed by atoms with E-state index in [1.165, 1.54) is 17.5 Å². The van der Waals surface area contributed by atoms with Gasteiger partial charge in [0.1, 0.15) is 4.90 Å². The van der Waals surface area contributed by atoms with Gasteiger partial charge in [-0.25, -0.2) is 8.42 Å². The van der Waals surface area contributed by atoms with Crippen molar-refractivity contribution in [3.63, 3.8) is 0 Å². The fourth-order valence-electron chi connectivity index (χ4n) is 4.85. The van der Waals surface area contributed by atoms with Gasteiger partial charge in [0.15, 0.2) is 0 Å². The van der Waals surface area contributed by atoms with Crippen LogP contribution < -0.4 is 0 Å². The van der Waals surface area contributed by atoms with Crippen molar-refractivity contribution in [2.24, 2.45) is 5.41 Å². The maximum atomic E-state index is 13.0. The van der Waals surface area contributed by atoms with E-state index in [2.05, 4.69) is 36.1 Å². The molecule has 0 bridgehead atoms. The maximum Gasteiger partial charge on any atom is 0.244 e. The molecule has 2 heterocycles. The first-order valence-electron chi connectivity index (χ1n) is 11.0. The Morgan fingerprint density at radius 2 is 1.57 bits per heavy atom. The van der Waals surface area contributed by atoms with Crippen LogP contribution in [0.4, 0.5) is 0 Å². The number of nitrogens with zero attached hydrogens (tertiary/aromatic N) is 2. The molecule has 1 spiro atoms. The van der Waals surface area contributed by atoms with Gasteiger partial charge in [0.25, 0.3) is 0 Å². The molecule has 162 valence electrons. The Hall–Kier alpha value is -1.40. The summed E-state index contributed by atoms with van der Waals surface area (Å²) >= 11 is 6.16. The van der Waals surface area contributed by atoms with Gasteiger partial charge in [-0.1, -0.05) is 54.9 Å². The van der Waals surface area contributed by atoms with Gasteiger partial charge in [0.2, 0.25) is 10.0 Å². The molecule has 2 aromatic carbocycles. The Bertz CT molecular complexity index is 967. The number of hydrogen-bond acceptors (Lipinski definition) is 3. The summed E-state index contributed by atoms with van der Waals surface area (Å²) in [6, 6.07) is 15.7. The molecule has 0 N–H and O–H groups in total. The summed E-state index contributed by atoms with van der Waals surface area (Å²) in [4.78, 5) is 2.79. The number of likely N-dealkylation sites (tertiary alicyclic amines) is 1. The Morgan fingerprint density at radius 3 is 2.23 bits per heavy atom. The molecule has 4 rings (SSSR count). The Kier molecular flexibility index (Phi) is 6.54. The highest BCUT2D eigenvalue weighted by Crippen LogP contribution is 2.41. The summed E-state index contributed by atoms with van der Waals surface area (Å²) in [6.07, 6.45) is 5.18. The molecular weight excluding hydrogens is 416 g/mol. The lowest BCUT2D eigenvalue weighted by molar-refractivity contribution is 0.155. The summed E-state index contributed by atoms with van der Waals surface area (Å²) in [6.45, 7) is 6.63. The van der Waals surface area contributed by atoms with Crippen LogP contribution in [0.2, 0.25) is 5.02 Å². The smallest absolute Gasteiger partial charge is 0.244 e. The molecule has 0 saturated carbocycles. The predicted molar refractivity (Wildman–Crippen MR) is 122 cm³/mol. The van der Waals surface area contributed by atoms with E-state index >= 15 is 0 Å². The van der Waals surface area contributed by atoms with E-state index in [9.17, 15) is 8.42 Å². The third-order valence-corrected chi connectivity index (χ3v) is 9.30. The molecule has 0 amide bonds. The zero-order chi connectivity index (χ0) is 21.2. The minimum atomic E-state index is -3.52. The van der Waals surface area contributed by atoms with E-state index in [1.54, 1.807) is 28.6 Å². The van der Waals surface area contributed by atoms with Gasteiger partial charge in [-0.05, 0) is 67.3 Å². The Labute approximate surface area is 185 Å². The molecular formula is C24H31ClN2O2S. The number of benzene rings is 2. The van der Waals surface area contributed by atoms with Crippen molar-refractivity contribution >= 4 is 21.6 Å². The van der Waals surface area contributed by atoms with Crippen LogP contribution in [0.15, 0.2) is 53.4 Å². The Morgan fingerprint density at radius 1 is 0.933 bits per heavy atom. The van der Waals surface area contributed by atoms with E-state index in [-0.39, 0.29) is 10.3 Å². The third-order valence-electron chi connectivity index (χ3n) is 6.90. The van der Waals surface area contributed by atoms with Crippen molar-refractivity contribution in [1.82, 2.24) is 9.21 Å². The normalized spacial score (nSPS) is 20.1. The molecule has 4 nitrogen and oxygen atoms in total. The average Bonchev–Trinajstić information content (AvgIpc) is 3.15. The molecule has 6 heteroatoms. The second kappa shape index (κ2) is 8.99. The molecule has 2 fully saturated rings. The van der Waals surface area contributed by atoms with Crippen LogP contribution in [0.3, 0.4) is 0 Å². The van der Waals surface area contributed by atoms with Crippen LogP contribution >= 0.6 is 11.6 Å². The SMILES string of the molecule is CCc1ccc(CCN2CCC3(CCN(S(=O)(=O)c4ccccc4Cl)CC3)C2)cc1. The van der Waals surface area contributed by atoms with Crippen molar-refractivity contribution in [2.75, 3.05) is 32.7 Å². The number of rotatable bonds is 6. The summed E-state index contributed by atoms with van der Waals surface area (Å²) in [5, 5.41) is 0.303. The first-order chi connectivity index (χ1) is 14.4. The van der Waals surface area contributed by atoms with E-state index in [0.29, 0.717) is 18.1 Å². The van der Waals surface area contributed by atoms with E-state index in [1.807, 2.05) is 0 Å². The monoisotopic (exact) mass is 446 g/mol. The third kappa shape index (κ3) is 4.59. The molecule has 2 saturated heterocycles.